The highest BCUT2D eigenvalue weighted by molar-refractivity contribution is 6.31. The number of fused-ring (bicyclic) bond motifs is 1. The van der Waals surface area contributed by atoms with E-state index >= 15 is 0 Å². The van der Waals surface area contributed by atoms with Crippen molar-refractivity contribution in [1.29, 1.82) is 0 Å². The topological polar surface area (TPSA) is 88.6 Å². The van der Waals surface area contributed by atoms with Crippen LogP contribution in [0.25, 0.3) is 10.9 Å². The van der Waals surface area contributed by atoms with Crippen molar-refractivity contribution in [2.75, 3.05) is 50.6 Å². The zero-order valence-electron chi connectivity index (χ0n) is 21.3. The first-order chi connectivity index (χ1) is 18.5. The van der Waals surface area contributed by atoms with Crippen molar-refractivity contribution in [3.05, 3.63) is 59.7 Å². The lowest BCUT2D eigenvalue weighted by molar-refractivity contribution is -0.111. The lowest BCUT2D eigenvalue weighted by Crippen LogP contribution is -2.36. The number of anilines is 3. The number of nitrogens with zero attached hydrogens (tertiary/aromatic N) is 3. The van der Waals surface area contributed by atoms with Gasteiger partial charge in [0.2, 0.25) is 5.91 Å². The summed E-state index contributed by atoms with van der Waals surface area (Å²) in [5.74, 6) is 1.67. The van der Waals surface area contributed by atoms with E-state index in [2.05, 4.69) is 25.5 Å². The molecule has 0 radical (unpaired) electrons. The normalized spacial score (nSPS) is 18.8. The van der Waals surface area contributed by atoms with Gasteiger partial charge in [0.1, 0.15) is 23.7 Å². The number of carbonyl (C=O) groups is 1. The number of hydrogen-bond acceptors (Lipinski definition) is 7. The van der Waals surface area contributed by atoms with Gasteiger partial charge in [0.25, 0.3) is 0 Å². The van der Waals surface area contributed by atoms with Crippen LogP contribution in [0.4, 0.5) is 21.6 Å². The molecule has 0 bridgehead atoms. The molecule has 1 amide bonds. The smallest absolute Gasteiger partial charge is 0.248 e. The van der Waals surface area contributed by atoms with Crippen molar-refractivity contribution in [2.45, 2.75) is 19.3 Å². The second-order valence-electron chi connectivity index (χ2n) is 9.70. The summed E-state index contributed by atoms with van der Waals surface area (Å²) >= 11 is 5.92. The molecule has 38 heavy (non-hydrogen) atoms. The summed E-state index contributed by atoms with van der Waals surface area (Å²) in [6.45, 7) is 4.63. The predicted molar refractivity (Wildman–Crippen MR) is 147 cm³/mol. The lowest BCUT2D eigenvalue weighted by Gasteiger charge is -2.33. The molecule has 0 aliphatic carbocycles. The highest BCUT2D eigenvalue weighted by Gasteiger charge is 2.28. The molecule has 1 aromatic heterocycles. The van der Waals surface area contributed by atoms with E-state index in [1.807, 2.05) is 6.08 Å². The Hall–Kier alpha value is -3.27. The molecule has 0 spiro atoms. The van der Waals surface area contributed by atoms with Gasteiger partial charge in [-0.1, -0.05) is 17.7 Å². The van der Waals surface area contributed by atoms with Gasteiger partial charge in [-0.15, -0.1) is 0 Å². The van der Waals surface area contributed by atoms with Crippen molar-refractivity contribution in [1.82, 2.24) is 14.9 Å². The van der Waals surface area contributed by atoms with Crippen molar-refractivity contribution < 1.29 is 18.7 Å². The number of amides is 1. The standard InChI is InChI=1S/C28H31ClFN5O3/c1-37-26-15-24-21(28(32-17-31-24)33-20-4-5-23(30)22(29)13-20)14-25(26)34-27(36)3-2-9-35-10-6-18(7-11-35)19-8-12-38-16-19/h2-5,13-15,17-19H,6-12,16H2,1H3,(H,34,36)(H,31,32,33)/b3-2+. The molecular weight excluding hydrogens is 509 g/mol. The van der Waals surface area contributed by atoms with Crippen LogP contribution in [0.3, 0.4) is 0 Å². The molecular formula is C28H31ClFN5O3. The monoisotopic (exact) mass is 539 g/mol. The Labute approximate surface area is 226 Å². The van der Waals surface area contributed by atoms with E-state index in [9.17, 15) is 9.18 Å². The van der Waals surface area contributed by atoms with Crippen molar-refractivity contribution in [3.8, 4) is 5.75 Å². The molecule has 2 N–H and O–H groups in total. The Morgan fingerprint density at radius 2 is 2.05 bits per heavy atom. The van der Waals surface area contributed by atoms with Gasteiger partial charge in [0, 0.05) is 43.0 Å². The Morgan fingerprint density at radius 3 is 2.79 bits per heavy atom. The van der Waals surface area contributed by atoms with Crippen LogP contribution in [0.5, 0.6) is 5.75 Å². The number of benzene rings is 2. The molecule has 2 saturated heterocycles. The first kappa shape index (κ1) is 26.3. The Morgan fingerprint density at radius 1 is 1.21 bits per heavy atom. The molecule has 3 aromatic rings. The van der Waals surface area contributed by atoms with Crippen LogP contribution in [0.1, 0.15) is 19.3 Å². The number of ether oxygens (including phenoxy) is 2. The molecule has 2 fully saturated rings. The number of likely N-dealkylation sites (tertiary alicyclic amines) is 1. The van der Waals surface area contributed by atoms with Crippen LogP contribution in [0.2, 0.25) is 5.02 Å². The van der Waals surface area contributed by atoms with E-state index in [4.69, 9.17) is 21.1 Å². The summed E-state index contributed by atoms with van der Waals surface area (Å²) in [4.78, 5) is 23.8. The molecule has 10 heteroatoms. The Bertz CT molecular complexity index is 1320. The summed E-state index contributed by atoms with van der Waals surface area (Å²) in [6.07, 6.45) is 8.43. The molecule has 1 unspecified atom stereocenters. The van der Waals surface area contributed by atoms with Crippen LogP contribution in [-0.2, 0) is 9.53 Å². The fraction of sp³-hybridized carbons (Fsp3) is 0.393. The summed E-state index contributed by atoms with van der Waals surface area (Å²) in [5.41, 5.74) is 1.68. The van der Waals surface area contributed by atoms with Crippen LogP contribution in [0.15, 0.2) is 48.8 Å². The van der Waals surface area contributed by atoms with Gasteiger partial charge in [-0.3, -0.25) is 9.69 Å². The molecule has 1 atom stereocenters. The van der Waals surface area contributed by atoms with E-state index in [1.54, 1.807) is 24.3 Å². The largest absolute Gasteiger partial charge is 0.494 e. The van der Waals surface area contributed by atoms with Gasteiger partial charge in [-0.05, 0) is 68.5 Å². The number of halogens is 2. The SMILES string of the molecule is COc1cc2ncnc(Nc3ccc(F)c(Cl)c3)c2cc1NC(=O)/C=C/CN1CCC(C2CCOC2)CC1. The van der Waals surface area contributed by atoms with Crippen LogP contribution < -0.4 is 15.4 Å². The average Bonchev–Trinajstić information content (AvgIpc) is 3.46. The molecule has 5 rings (SSSR count). The zero-order valence-corrected chi connectivity index (χ0v) is 22.0. The highest BCUT2D eigenvalue weighted by atomic mass is 35.5. The molecule has 2 aromatic carbocycles. The van der Waals surface area contributed by atoms with Crippen molar-refractivity contribution in [3.63, 3.8) is 0 Å². The number of piperidine rings is 1. The lowest BCUT2D eigenvalue weighted by atomic mass is 9.84. The maximum atomic E-state index is 13.6. The van der Waals surface area contributed by atoms with Crippen molar-refractivity contribution in [2.24, 2.45) is 11.8 Å². The van der Waals surface area contributed by atoms with E-state index < -0.39 is 5.82 Å². The molecule has 2 aliphatic rings. The quantitative estimate of drug-likeness (QED) is 0.370. The summed E-state index contributed by atoms with van der Waals surface area (Å²) in [6, 6.07) is 7.82. The number of hydrogen-bond donors (Lipinski definition) is 2. The van der Waals surface area contributed by atoms with Gasteiger partial charge in [-0.25, -0.2) is 14.4 Å². The van der Waals surface area contributed by atoms with E-state index in [1.165, 1.54) is 44.8 Å². The molecule has 8 nitrogen and oxygen atoms in total. The summed E-state index contributed by atoms with van der Waals surface area (Å²) in [7, 11) is 1.54. The number of methoxy groups -OCH3 is 1. The second kappa shape index (κ2) is 12.1. The third-order valence-corrected chi connectivity index (χ3v) is 7.58. The first-order valence-corrected chi connectivity index (χ1v) is 13.2. The van der Waals surface area contributed by atoms with Crippen LogP contribution in [0, 0.1) is 17.7 Å². The minimum atomic E-state index is -0.504. The third-order valence-electron chi connectivity index (χ3n) is 7.29. The van der Waals surface area contributed by atoms with E-state index in [-0.39, 0.29) is 10.9 Å². The minimum Gasteiger partial charge on any atom is -0.494 e. The third kappa shape index (κ3) is 6.23. The fourth-order valence-corrected chi connectivity index (χ4v) is 5.36. The molecule has 3 heterocycles. The fourth-order valence-electron chi connectivity index (χ4n) is 5.18. The molecule has 200 valence electrons. The molecule has 0 saturated carbocycles. The first-order valence-electron chi connectivity index (χ1n) is 12.8. The van der Waals surface area contributed by atoms with E-state index in [0.29, 0.717) is 39.8 Å². The number of nitrogens with one attached hydrogen (secondary N) is 2. The number of carbonyl (C=O) groups excluding carboxylic acids is 1. The summed E-state index contributed by atoms with van der Waals surface area (Å²) < 4.78 is 24.6. The Balaban J connectivity index is 1.24. The summed E-state index contributed by atoms with van der Waals surface area (Å²) in [5, 5.41) is 6.71. The van der Waals surface area contributed by atoms with Gasteiger partial charge in [-0.2, -0.15) is 0 Å². The van der Waals surface area contributed by atoms with E-state index in [0.717, 1.165) is 38.8 Å². The number of rotatable bonds is 8. The van der Waals surface area contributed by atoms with Gasteiger partial charge < -0.3 is 20.1 Å². The Kier molecular flexibility index (Phi) is 8.36. The van der Waals surface area contributed by atoms with Gasteiger partial charge in [0.15, 0.2) is 0 Å². The average molecular weight is 540 g/mol. The molecule has 2 aliphatic heterocycles. The predicted octanol–water partition coefficient (Wildman–Crippen LogP) is 5.42. The highest BCUT2D eigenvalue weighted by Crippen LogP contribution is 2.34. The van der Waals surface area contributed by atoms with Gasteiger partial charge >= 0.3 is 0 Å². The maximum Gasteiger partial charge on any atom is 0.248 e. The number of aromatic nitrogens is 2. The minimum absolute atomic E-state index is 0.00237. The van der Waals surface area contributed by atoms with Crippen LogP contribution >= 0.6 is 11.6 Å². The zero-order chi connectivity index (χ0) is 26.5. The van der Waals surface area contributed by atoms with Crippen LogP contribution in [-0.4, -0.2) is 60.7 Å². The van der Waals surface area contributed by atoms with Crippen molar-refractivity contribution >= 4 is 45.6 Å². The van der Waals surface area contributed by atoms with Gasteiger partial charge in [0.05, 0.1) is 23.3 Å². The maximum absolute atomic E-state index is 13.6. The second-order valence-corrected chi connectivity index (χ2v) is 10.1.